The largest absolute Gasteiger partial charge is 0.333 e. The van der Waals surface area contributed by atoms with E-state index in [0.717, 1.165) is 16.9 Å². The van der Waals surface area contributed by atoms with Crippen LogP contribution in [-0.2, 0) is 5.41 Å². The molecule has 13 rings (SSSR count). The average Bonchev–Trinajstić information content (AvgIpc) is 3.75. The number of anilines is 2. The van der Waals surface area contributed by atoms with Gasteiger partial charge in [0.15, 0.2) is 0 Å². The quantitative estimate of drug-likeness (QED) is 0.165. The second-order valence-corrected chi connectivity index (χ2v) is 16.8. The van der Waals surface area contributed by atoms with E-state index in [9.17, 15) is 10.5 Å². The zero-order valence-electron chi connectivity index (χ0n) is 32.5. The highest BCUT2D eigenvalue weighted by Gasteiger charge is 2.54. The minimum absolute atomic E-state index is 0.0116. The Morgan fingerprint density at radius 3 is 2.02 bits per heavy atom. The molecule has 4 heterocycles. The van der Waals surface area contributed by atoms with Crippen molar-refractivity contribution in [3.05, 3.63) is 191 Å². The van der Waals surface area contributed by atoms with E-state index in [4.69, 9.17) is 0 Å². The summed E-state index contributed by atoms with van der Waals surface area (Å²) in [5.74, 6) is 0. The summed E-state index contributed by atoms with van der Waals surface area (Å²) in [6.45, 7) is 4.67. The van der Waals surface area contributed by atoms with Crippen molar-refractivity contribution in [1.82, 2.24) is 4.57 Å². The van der Waals surface area contributed by atoms with Crippen LogP contribution in [0, 0.1) is 29.6 Å². The number of aryl methyl sites for hydroxylation is 1. The Kier molecular flexibility index (Phi) is 6.21. The molecule has 1 aliphatic carbocycles. The maximum absolute atomic E-state index is 9.73. The Labute approximate surface area is 342 Å². The zero-order valence-corrected chi connectivity index (χ0v) is 32.5. The molecule has 8 aromatic carbocycles. The van der Waals surface area contributed by atoms with Gasteiger partial charge in [0, 0.05) is 33.2 Å². The fourth-order valence-corrected chi connectivity index (χ4v) is 11.7. The molecule has 0 amide bonds. The van der Waals surface area contributed by atoms with E-state index in [2.05, 4.69) is 169 Å². The molecule has 2 atom stereocenters. The van der Waals surface area contributed by atoms with Gasteiger partial charge in [-0.1, -0.05) is 107 Å². The molecule has 0 radical (unpaired) electrons. The van der Waals surface area contributed by atoms with Gasteiger partial charge in [0.25, 0.3) is 0 Å². The van der Waals surface area contributed by atoms with E-state index in [1.54, 1.807) is 0 Å². The topological polar surface area (TPSA) is 55.8 Å². The highest BCUT2D eigenvalue weighted by Crippen LogP contribution is 2.59. The lowest BCUT2D eigenvalue weighted by molar-refractivity contribution is 0.529. The number of benzene rings is 8. The van der Waals surface area contributed by atoms with Crippen molar-refractivity contribution in [3.63, 3.8) is 0 Å². The molecule has 0 fully saturated rings. The van der Waals surface area contributed by atoms with Crippen LogP contribution >= 0.6 is 0 Å². The Morgan fingerprint density at radius 1 is 0.593 bits per heavy atom. The summed E-state index contributed by atoms with van der Waals surface area (Å²) in [6.07, 6.45) is 2.61. The third-order valence-electron chi connectivity index (χ3n) is 14.0. The molecule has 0 saturated carbocycles. The predicted octanol–water partition coefficient (Wildman–Crippen LogP) is 11.0. The first-order chi connectivity index (χ1) is 29.0. The predicted molar refractivity (Wildman–Crippen MR) is 242 cm³/mol. The Hall–Kier alpha value is -7.60. The van der Waals surface area contributed by atoms with Gasteiger partial charge in [-0.15, -0.1) is 0 Å². The lowest BCUT2D eigenvalue weighted by atomic mass is 9.28. The standard InChI is InChI=1S/C54H33BN4/c1-31-25-40-36-10-7-12-39-50(36)44(27-48-51(39)38-9-3-5-15-46(38)58(48)34-21-17-32(29-56)18-22-34)55-45-28-49-54(2,43-14-8-11-37(52(43)45)41(26-31)53(40)55)42-13-4-6-16-47(42)59(49)35-23-19-33(30-57)20-24-35/h3-28,49H,1-2H3. The normalized spacial score (nSPS) is 17.6. The fraction of sp³-hybridized carbons (Fsp3) is 0.0741. The second kappa shape index (κ2) is 11.3. The Morgan fingerprint density at radius 2 is 1.24 bits per heavy atom. The first-order valence-electron chi connectivity index (χ1n) is 20.4. The Bertz CT molecular complexity index is 3500. The molecule has 272 valence electrons. The number of hydrogen-bond donors (Lipinski definition) is 0. The summed E-state index contributed by atoms with van der Waals surface area (Å²) < 4.78 is 2.40. The van der Waals surface area contributed by atoms with Gasteiger partial charge in [-0.3, -0.25) is 0 Å². The number of aromatic nitrogens is 1. The van der Waals surface area contributed by atoms with Crippen molar-refractivity contribution in [2.24, 2.45) is 0 Å². The highest BCUT2D eigenvalue weighted by molar-refractivity contribution is 7.04. The van der Waals surface area contributed by atoms with Gasteiger partial charge in [-0.2, -0.15) is 10.5 Å². The van der Waals surface area contributed by atoms with E-state index in [1.165, 1.54) is 93.7 Å². The van der Waals surface area contributed by atoms with Crippen LogP contribution in [0.2, 0.25) is 0 Å². The van der Waals surface area contributed by atoms with Crippen LogP contribution < -0.4 is 15.8 Å². The molecular weight excluding hydrogens is 715 g/mol. The van der Waals surface area contributed by atoms with Crippen LogP contribution in [0.3, 0.4) is 0 Å². The smallest absolute Gasteiger partial charge is 0.244 e. The Balaban J connectivity index is 1.16. The van der Waals surface area contributed by atoms with Crippen molar-refractivity contribution in [2.75, 3.05) is 4.90 Å². The summed E-state index contributed by atoms with van der Waals surface area (Å²) >= 11 is 0. The third kappa shape index (κ3) is 3.97. The van der Waals surface area contributed by atoms with Gasteiger partial charge in [0.05, 0.1) is 40.3 Å². The number of rotatable bonds is 2. The van der Waals surface area contributed by atoms with Crippen LogP contribution in [0.4, 0.5) is 11.4 Å². The van der Waals surface area contributed by atoms with Gasteiger partial charge in [-0.05, 0) is 136 Å². The molecule has 0 saturated heterocycles. The highest BCUT2D eigenvalue weighted by atomic mass is 15.2. The van der Waals surface area contributed by atoms with Crippen LogP contribution in [0.5, 0.6) is 0 Å². The maximum Gasteiger partial charge on any atom is 0.244 e. The van der Waals surface area contributed by atoms with E-state index < -0.39 is 0 Å². The van der Waals surface area contributed by atoms with Crippen LogP contribution in [0.25, 0.3) is 66.0 Å². The van der Waals surface area contributed by atoms with Crippen molar-refractivity contribution < 1.29 is 0 Å². The van der Waals surface area contributed by atoms with Crippen LogP contribution in [0.15, 0.2) is 158 Å². The summed E-state index contributed by atoms with van der Waals surface area (Å²) in [5.41, 5.74) is 21.2. The van der Waals surface area contributed by atoms with E-state index >= 15 is 0 Å². The van der Waals surface area contributed by atoms with E-state index in [0.29, 0.717) is 11.1 Å². The zero-order chi connectivity index (χ0) is 39.3. The number of nitriles is 2. The van der Waals surface area contributed by atoms with Gasteiger partial charge in [0.2, 0.25) is 6.71 Å². The minimum atomic E-state index is -0.336. The average molecular weight is 749 g/mol. The summed E-state index contributed by atoms with van der Waals surface area (Å²) in [5, 5.41) is 24.5. The molecule has 2 unspecified atom stereocenters. The molecule has 5 heteroatoms. The lowest BCUT2D eigenvalue weighted by Gasteiger charge is -2.45. The molecule has 0 bridgehead atoms. The monoisotopic (exact) mass is 748 g/mol. The summed E-state index contributed by atoms with van der Waals surface area (Å²) in [7, 11) is 0. The van der Waals surface area contributed by atoms with Crippen molar-refractivity contribution >= 4 is 67.1 Å². The molecule has 9 aromatic rings. The fourth-order valence-electron chi connectivity index (χ4n) is 11.7. The van der Waals surface area contributed by atoms with Gasteiger partial charge >= 0.3 is 0 Å². The first kappa shape index (κ1) is 32.5. The summed E-state index contributed by atoms with van der Waals surface area (Å²) in [6, 6.07) is 59.7. The molecular formula is C54H33BN4. The minimum Gasteiger partial charge on any atom is -0.333 e. The van der Waals surface area contributed by atoms with Gasteiger partial charge in [-0.25, -0.2) is 0 Å². The van der Waals surface area contributed by atoms with Crippen molar-refractivity contribution in [2.45, 2.75) is 25.3 Å². The van der Waals surface area contributed by atoms with E-state index in [-0.39, 0.29) is 18.2 Å². The first-order valence-corrected chi connectivity index (χ1v) is 20.4. The molecule has 1 aromatic heterocycles. The second-order valence-electron chi connectivity index (χ2n) is 16.8. The third-order valence-corrected chi connectivity index (χ3v) is 14.0. The molecule has 4 nitrogen and oxygen atoms in total. The molecule has 0 N–H and O–H groups in total. The molecule has 0 spiro atoms. The molecule has 3 aliphatic heterocycles. The number of nitrogens with zero attached hydrogens (tertiary/aromatic N) is 4. The summed E-state index contributed by atoms with van der Waals surface area (Å²) in [4.78, 5) is 2.52. The van der Waals surface area contributed by atoms with Gasteiger partial charge in [0.1, 0.15) is 0 Å². The maximum atomic E-state index is 9.73. The lowest BCUT2D eigenvalue weighted by Crippen LogP contribution is -2.53. The van der Waals surface area contributed by atoms with E-state index in [1.807, 2.05) is 24.3 Å². The molecule has 4 aliphatic rings. The number of fused-ring (bicyclic) bond motifs is 12. The van der Waals surface area contributed by atoms with Crippen molar-refractivity contribution in [1.29, 1.82) is 10.5 Å². The van der Waals surface area contributed by atoms with Crippen LogP contribution in [-0.4, -0.2) is 17.3 Å². The van der Waals surface area contributed by atoms with Crippen LogP contribution in [0.1, 0.15) is 40.3 Å². The number of para-hydroxylation sites is 2. The SMILES string of the molecule is Cc1cc2c3c(c1)-c1cccc4c1c(cc1c4c4ccccc4n1-c1ccc(C#N)cc1)B3C1=CC3N(c4ccc(C#N)cc4)c4ccccc4C3(C)c3cccc-2c31. The van der Waals surface area contributed by atoms with Gasteiger partial charge < -0.3 is 9.47 Å². The number of hydrogen-bond acceptors (Lipinski definition) is 3. The molecule has 59 heavy (non-hydrogen) atoms. The van der Waals surface area contributed by atoms with Crippen molar-refractivity contribution in [3.8, 4) is 40.1 Å².